The van der Waals surface area contributed by atoms with Gasteiger partial charge in [-0.15, -0.1) is 0 Å². The second-order valence-electron chi connectivity index (χ2n) is 6.15. The van der Waals surface area contributed by atoms with Crippen LogP contribution in [0.4, 0.5) is 0 Å². The van der Waals surface area contributed by atoms with Crippen molar-refractivity contribution in [1.82, 2.24) is 0 Å². The highest BCUT2D eigenvalue weighted by Gasteiger charge is 2.23. The average Bonchev–Trinajstić information content (AvgIpc) is 2.86. The first-order valence-corrected chi connectivity index (χ1v) is 8.38. The maximum atomic E-state index is 2.33. The number of unbranched alkanes of at least 4 members (excludes halogenated alkanes) is 5. The molecule has 0 saturated heterocycles. The lowest BCUT2D eigenvalue weighted by Crippen LogP contribution is -2.12. The van der Waals surface area contributed by atoms with E-state index in [1.807, 2.05) is 0 Å². The lowest BCUT2D eigenvalue weighted by Gasteiger charge is -2.23. The molecule has 102 valence electrons. The minimum absolute atomic E-state index is 1.08. The Morgan fingerprint density at radius 1 is 0.765 bits per heavy atom. The zero-order chi connectivity index (χ0) is 12.3. The van der Waals surface area contributed by atoms with Crippen molar-refractivity contribution in [2.75, 3.05) is 0 Å². The molecule has 1 atom stereocenters. The van der Waals surface area contributed by atoms with Gasteiger partial charge in [0.1, 0.15) is 0 Å². The monoisotopic (exact) mass is 238 g/mol. The van der Waals surface area contributed by atoms with E-state index in [1.54, 1.807) is 12.8 Å². The summed E-state index contributed by atoms with van der Waals surface area (Å²) in [5, 5.41) is 0. The van der Waals surface area contributed by atoms with Gasteiger partial charge in [-0.3, -0.25) is 0 Å². The van der Waals surface area contributed by atoms with Crippen LogP contribution in [-0.2, 0) is 0 Å². The lowest BCUT2D eigenvalue weighted by atomic mass is 9.82. The molecule has 17 heavy (non-hydrogen) atoms. The molecule has 0 radical (unpaired) electrons. The second-order valence-corrected chi connectivity index (χ2v) is 6.15. The fourth-order valence-electron chi connectivity index (χ4n) is 3.53. The van der Waals surface area contributed by atoms with Crippen LogP contribution in [0.1, 0.15) is 97.3 Å². The van der Waals surface area contributed by atoms with Gasteiger partial charge in [-0.25, -0.2) is 0 Å². The van der Waals surface area contributed by atoms with Crippen molar-refractivity contribution in [3.63, 3.8) is 0 Å². The van der Waals surface area contributed by atoms with Gasteiger partial charge in [-0.1, -0.05) is 97.3 Å². The zero-order valence-corrected chi connectivity index (χ0v) is 12.3. The highest BCUT2D eigenvalue weighted by atomic mass is 14.3. The topological polar surface area (TPSA) is 0 Å². The quantitative estimate of drug-likeness (QED) is 0.389. The number of hydrogen-bond acceptors (Lipinski definition) is 0. The molecule has 0 heteroatoms. The van der Waals surface area contributed by atoms with Crippen molar-refractivity contribution >= 4 is 0 Å². The highest BCUT2D eigenvalue weighted by molar-refractivity contribution is 4.75. The maximum Gasteiger partial charge on any atom is -0.0386 e. The molecule has 0 aromatic rings. The second kappa shape index (κ2) is 9.97. The molecule has 1 aliphatic rings. The largest absolute Gasteiger partial charge is 0.0654 e. The van der Waals surface area contributed by atoms with Crippen LogP contribution in [0.15, 0.2) is 0 Å². The summed E-state index contributed by atoms with van der Waals surface area (Å²) in [5.41, 5.74) is 0. The highest BCUT2D eigenvalue weighted by Crippen LogP contribution is 2.36. The molecule has 1 fully saturated rings. The Morgan fingerprint density at radius 2 is 1.29 bits per heavy atom. The van der Waals surface area contributed by atoms with Crippen LogP contribution in [0.3, 0.4) is 0 Å². The van der Waals surface area contributed by atoms with Crippen molar-refractivity contribution in [2.24, 2.45) is 11.8 Å². The van der Waals surface area contributed by atoms with Crippen molar-refractivity contribution in [2.45, 2.75) is 97.3 Å². The van der Waals surface area contributed by atoms with E-state index in [0.29, 0.717) is 0 Å². The SMILES string of the molecule is CCCCCCC(CCCCC)C1CCCC1. The average molecular weight is 238 g/mol. The smallest absolute Gasteiger partial charge is 0.0386 e. The maximum absolute atomic E-state index is 2.33. The summed E-state index contributed by atoms with van der Waals surface area (Å²) in [7, 11) is 0. The van der Waals surface area contributed by atoms with Crippen LogP contribution < -0.4 is 0 Å². The van der Waals surface area contributed by atoms with Crippen LogP contribution in [-0.4, -0.2) is 0 Å². The third-order valence-electron chi connectivity index (χ3n) is 4.67. The third kappa shape index (κ3) is 6.48. The van der Waals surface area contributed by atoms with Gasteiger partial charge in [0.05, 0.1) is 0 Å². The van der Waals surface area contributed by atoms with Gasteiger partial charge in [-0.05, 0) is 11.8 Å². The molecular formula is C17H34. The van der Waals surface area contributed by atoms with Crippen LogP contribution >= 0.6 is 0 Å². The summed E-state index contributed by atoms with van der Waals surface area (Å²) >= 11 is 0. The number of rotatable bonds is 10. The Labute approximate surface area is 110 Å². The van der Waals surface area contributed by atoms with E-state index in [9.17, 15) is 0 Å². The van der Waals surface area contributed by atoms with E-state index in [2.05, 4.69) is 13.8 Å². The van der Waals surface area contributed by atoms with E-state index in [0.717, 1.165) is 11.8 Å². The molecule has 0 bridgehead atoms. The lowest BCUT2D eigenvalue weighted by molar-refractivity contribution is 0.282. The molecule has 0 aromatic carbocycles. The van der Waals surface area contributed by atoms with Crippen LogP contribution in [0.5, 0.6) is 0 Å². The molecule has 0 aliphatic heterocycles. The molecule has 1 unspecified atom stereocenters. The summed E-state index contributed by atoms with van der Waals surface area (Å²) < 4.78 is 0. The first-order valence-electron chi connectivity index (χ1n) is 8.38. The first kappa shape index (κ1) is 15.1. The van der Waals surface area contributed by atoms with Crippen LogP contribution in [0, 0.1) is 11.8 Å². The molecule has 1 saturated carbocycles. The molecule has 1 rings (SSSR count). The van der Waals surface area contributed by atoms with E-state index >= 15 is 0 Å². The third-order valence-corrected chi connectivity index (χ3v) is 4.67. The predicted octanol–water partition coefficient (Wildman–Crippen LogP) is 6.34. The summed E-state index contributed by atoms with van der Waals surface area (Å²) in [6, 6.07) is 0. The Morgan fingerprint density at radius 3 is 1.88 bits per heavy atom. The molecule has 0 amide bonds. The standard InChI is InChI=1S/C17H34/c1-3-5-7-9-13-16(12-8-6-4-2)17-14-10-11-15-17/h16-17H,3-15H2,1-2H3. The van der Waals surface area contributed by atoms with E-state index in [4.69, 9.17) is 0 Å². The normalized spacial score (nSPS) is 18.7. The minimum Gasteiger partial charge on any atom is -0.0654 e. The molecule has 0 N–H and O–H groups in total. The van der Waals surface area contributed by atoms with E-state index in [1.165, 1.54) is 70.6 Å². The predicted molar refractivity (Wildman–Crippen MR) is 78.3 cm³/mol. The molecule has 0 spiro atoms. The van der Waals surface area contributed by atoms with Gasteiger partial charge in [0, 0.05) is 0 Å². The number of hydrogen-bond donors (Lipinski definition) is 0. The van der Waals surface area contributed by atoms with Crippen LogP contribution in [0.2, 0.25) is 0 Å². The van der Waals surface area contributed by atoms with Gasteiger partial charge in [0.25, 0.3) is 0 Å². The van der Waals surface area contributed by atoms with Crippen molar-refractivity contribution < 1.29 is 0 Å². The van der Waals surface area contributed by atoms with Crippen LogP contribution in [0.25, 0.3) is 0 Å². The Bertz CT molecular complexity index is 155. The first-order chi connectivity index (χ1) is 8.38. The zero-order valence-electron chi connectivity index (χ0n) is 12.3. The van der Waals surface area contributed by atoms with Crippen molar-refractivity contribution in [3.8, 4) is 0 Å². The minimum atomic E-state index is 1.08. The van der Waals surface area contributed by atoms with Gasteiger partial charge in [0.2, 0.25) is 0 Å². The molecule has 0 aromatic heterocycles. The summed E-state index contributed by atoms with van der Waals surface area (Å²) in [6.07, 6.45) is 19.3. The Balaban J connectivity index is 2.20. The van der Waals surface area contributed by atoms with Gasteiger partial charge < -0.3 is 0 Å². The summed E-state index contributed by atoms with van der Waals surface area (Å²) in [5.74, 6) is 2.19. The fraction of sp³-hybridized carbons (Fsp3) is 1.00. The summed E-state index contributed by atoms with van der Waals surface area (Å²) in [4.78, 5) is 0. The summed E-state index contributed by atoms with van der Waals surface area (Å²) in [6.45, 7) is 4.64. The Kier molecular flexibility index (Phi) is 8.83. The Hall–Kier alpha value is 0. The van der Waals surface area contributed by atoms with Gasteiger partial charge >= 0.3 is 0 Å². The fourth-order valence-corrected chi connectivity index (χ4v) is 3.53. The molecular weight excluding hydrogens is 204 g/mol. The van der Waals surface area contributed by atoms with Gasteiger partial charge in [0.15, 0.2) is 0 Å². The van der Waals surface area contributed by atoms with E-state index < -0.39 is 0 Å². The van der Waals surface area contributed by atoms with E-state index in [-0.39, 0.29) is 0 Å². The molecule has 0 heterocycles. The molecule has 1 aliphatic carbocycles. The van der Waals surface area contributed by atoms with Crippen molar-refractivity contribution in [1.29, 1.82) is 0 Å². The van der Waals surface area contributed by atoms with Gasteiger partial charge in [-0.2, -0.15) is 0 Å². The van der Waals surface area contributed by atoms with Crippen molar-refractivity contribution in [3.05, 3.63) is 0 Å². The molecule has 0 nitrogen and oxygen atoms in total.